The summed E-state index contributed by atoms with van der Waals surface area (Å²) in [5, 5.41) is 15.4. The predicted octanol–water partition coefficient (Wildman–Crippen LogP) is 1.71. The van der Waals surface area contributed by atoms with Gasteiger partial charge in [0.2, 0.25) is 0 Å². The lowest BCUT2D eigenvalue weighted by Crippen LogP contribution is -2.42. The summed E-state index contributed by atoms with van der Waals surface area (Å²) in [5.74, 6) is 1.38. The molecule has 6 heteroatoms. The zero-order valence-electron chi connectivity index (χ0n) is 12.0. The zero-order chi connectivity index (χ0) is 14.1. The van der Waals surface area contributed by atoms with E-state index in [-0.39, 0.29) is 6.10 Å². The summed E-state index contributed by atoms with van der Waals surface area (Å²) >= 11 is 1.67. The van der Waals surface area contributed by atoms with Gasteiger partial charge >= 0.3 is 0 Å². The smallest absolute Gasteiger partial charge is 0.195 e. The monoisotopic (exact) mass is 294 g/mol. The van der Waals surface area contributed by atoms with Crippen LogP contribution in [0.2, 0.25) is 0 Å². The van der Waals surface area contributed by atoms with Crippen LogP contribution in [0, 0.1) is 5.92 Å². The summed E-state index contributed by atoms with van der Waals surface area (Å²) in [4.78, 5) is 8.17. The van der Waals surface area contributed by atoms with Gasteiger partial charge in [-0.05, 0) is 18.9 Å². The van der Waals surface area contributed by atoms with E-state index in [4.69, 9.17) is 4.98 Å². The van der Waals surface area contributed by atoms with Gasteiger partial charge < -0.3 is 15.3 Å². The maximum absolute atomic E-state index is 9.89. The Bertz CT molecular complexity index is 579. The molecular weight excluding hydrogens is 272 g/mol. The van der Waals surface area contributed by atoms with E-state index in [9.17, 15) is 5.11 Å². The van der Waals surface area contributed by atoms with Gasteiger partial charge in [-0.25, -0.2) is 4.98 Å². The molecule has 2 N–H and O–H groups in total. The van der Waals surface area contributed by atoms with Gasteiger partial charge in [-0.1, -0.05) is 13.8 Å². The van der Waals surface area contributed by atoms with Crippen molar-refractivity contribution in [1.82, 2.24) is 14.7 Å². The van der Waals surface area contributed by atoms with Crippen molar-refractivity contribution < 1.29 is 5.11 Å². The molecule has 2 atom stereocenters. The molecule has 1 aliphatic rings. The fourth-order valence-electron chi connectivity index (χ4n) is 2.81. The van der Waals surface area contributed by atoms with E-state index in [0.29, 0.717) is 5.92 Å². The van der Waals surface area contributed by atoms with E-state index in [1.165, 1.54) is 5.69 Å². The van der Waals surface area contributed by atoms with Crippen LogP contribution in [-0.2, 0) is 6.54 Å². The summed E-state index contributed by atoms with van der Waals surface area (Å²) in [7, 11) is 0. The molecule has 0 radical (unpaired) electrons. The van der Waals surface area contributed by atoms with Crippen LogP contribution in [0.5, 0.6) is 0 Å². The highest BCUT2D eigenvalue weighted by molar-refractivity contribution is 7.15. The molecule has 3 rings (SSSR count). The highest BCUT2D eigenvalue weighted by Crippen LogP contribution is 2.28. The van der Waals surface area contributed by atoms with Crippen LogP contribution >= 0.6 is 11.3 Å². The third kappa shape index (κ3) is 2.43. The fraction of sp³-hybridized carbons (Fsp3) is 0.643. The molecule has 1 fully saturated rings. The molecule has 2 aromatic heterocycles. The van der Waals surface area contributed by atoms with Gasteiger partial charge in [0.15, 0.2) is 10.8 Å². The third-order valence-electron chi connectivity index (χ3n) is 4.04. The highest BCUT2D eigenvalue weighted by atomic mass is 32.1. The molecule has 0 aliphatic carbocycles. The van der Waals surface area contributed by atoms with Crippen LogP contribution in [0.1, 0.15) is 26.0 Å². The van der Waals surface area contributed by atoms with Gasteiger partial charge in [-0.15, -0.1) is 11.3 Å². The molecule has 2 unspecified atom stereocenters. The summed E-state index contributed by atoms with van der Waals surface area (Å²) < 4.78 is 2.18. The van der Waals surface area contributed by atoms with E-state index in [1.807, 2.05) is 0 Å². The molecule has 110 valence electrons. The largest absolute Gasteiger partial charge is 0.393 e. The molecule has 0 amide bonds. The number of imidazole rings is 1. The van der Waals surface area contributed by atoms with Crippen molar-refractivity contribution in [3.63, 3.8) is 0 Å². The summed E-state index contributed by atoms with van der Waals surface area (Å²) in [6, 6.07) is 0. The number of piperidine rings is 1. The lowest BCUT2D eigenvalue weighted by atomic mass is 9.97. The van der Waals surface area contributed by atoms with Gasteiger partial charge in [0.1, 0.15) is 0 Å². The van der Waals surface area contributed by atoms with E-state index < -0.39 is 0 Å². The Morgan fingerprint density at radius 2 is 2.40 bits per heavy atom. The standard InChI is InChI=1S/C14H22N4OS/c1-3-15-8-11-13(16-14-18(11)6-7-20-14)17-5-4-12(19)10(2)9-17/h6-7,10,12,15,19H,3-5,8-9H2,1-2H3. The second-order valence-electron chi connectivity index (χ2n) is 5.50. The number of anilines is 1. The Kier molecular flexibility index (Phi) is 3.96. The lowest BCUT2D eigenvalue weighted by Gasteiger charge is -2.35. The maximum atomic E-state index is 9.89. The number of hydrogen-bond donors (Lipinski definition) is 2. The maximum Gasteiger partial charge on any atom is 0.195 e. The molecule has 5 nitrogen and oxygen atoms in total. The van der Waals surface area contributed by atoms with Crippen molar-refractivity contribution in [2.24, 2.45) is 5.92 Å². The Labute approximate surface area is 123 Å². The van der Waals surface area contributed by atoms with E-state index in [0.717, 1.165) is 43.4 Å². The number of hydrogen-bond acceptors (Lipinski definition) is 5. The fourth-order valence-corrected chi connectivity index (χ4v) is 3.54. The first-order valence-corrected chi connectivity index (χ1v) is 8.16. The third-order valence-corrected chi connectivity index (χ3v) is 4.80. The molecule has 20 heavy (non-hydrogen) atoms. The van der Waals surface area contributed by atoms with Gasteiger partial charge in [0.05, 0.1) is 11.8 Å². The van der Waals surface area contributed by atoms with Crippen LogP contribution in [-0.4, -0.2) is 40.2 Å². The van der Waals surface area contributed by atoms with Crippen molar-refractivity contribution in [3.8, 4) is 0 Å². The minimum absolute atomic E-state index is 0.174. The quantitative estimate of drug-likeness (QED) is 0.901. The second-order valence-corrected chi connectivity index (χ2v) is 6.37. The van der Waals surface area contributed by atoms with Crippen LogP contribution in [0.15, 0.2) is 11.6 Å². The van der Waals surface area contributed by atoms with Gasteiger partial charge in [0, 0.05) is 31.2 Å². The van der Waals surface area contributed by atoms with Crippen molar-refractivity contribution in [1.29, 1.82) is 0 Å². The van der Waals surface area contributed by atoms with Crippen molar-refractivity contribution in [2.75, 3.05) is 24.5 Å². The van der Waals surface area contributed by atoms with Crippen LogP contribution in [0.25, 0.3) is 4.96 Å². The van der Waals surface area contributed by atoms with E-state index in [1.54, 1.807) is 11.3 Å². The lowest BCUT2D eigenvalue weighted by molar-refractivity contribution is 0.0968. The number of fused-ring (bicyclic) bond motifs is 1. The van der Waals surface area contributed by atoms with Crippen molar-refractivity contribution in [3.05, 3.63) is 17.3 Å². The second kappa shape index (κ2) is 5.71. The van der Waals surface area contributed by atoms with Gasteiger partial charge in [-0.2, -0.15) is 0 Å². The molecule has 1 saturated heterocycles. The molecule has 0 aromatic carbocycles. The zero-order valence-corrected chi connectivity index (χ0v) is 12.9. The minimum Gasteiger partial charge on any atom is -0.393 e. The first kappa shape index (κ1) is 13.9. The summed E-state index contributed by atoms with van der Waals surface area (Å²) in [6.07, 6.45) is 2.74. The number of aliphatic hydroxyl groups is 1. The Hall–Kier alpha value is -1.11. The molecule has 0 saturated carbocycles. The SMILES string of the molecule is CCNCc1c(N2CCC(O)C(C)C2)nc2sccn12. The molecule has 2 aromatic rings. The predicted molar refractivity (Wildman–Crippen MR) is 82.5 cm³/mol. The Morgan fingerprint density at radius 1 is 1.55 bits per heavy atom. The highest BCUT2D eigenvalue weighted by Gasteiger charge is 2.27. The number of aromatic nitrogens is 2. The number of nitrogens with one attached hydrogen (secondary N) is 1. The topological polar surface area (TPSA) is 52.8 Å². The first-order chi connectivity index (χ1) is 9.70. The average molecular weight is 294 g/mol. The van der Waals surface area contributed by atoms with Crippen molar-refractivity contribution >= 4 is 22.1 Å². The number of aliphatic hydroxyl groups excluding tert-OH is 1. The van der Waals surface area contributed by atoms with Gasteiger partial charge in [0.25, 0.3) is 0 Å². The normalized spacial score (nSPS) is 23.6. The molecule has 3 heterocycles. The van der Waals surface area contributed by atoms with Crippen LogP contribution < -0.4 is 10.2 Å². The number of nitrogens with zero attached hydrogens (tertiary/aromatic N) is 3. The number of thiazole rings is 1. The molecule has 0 bridgehead atoms. The Morgan fingerprint density at radius 3 is 3.15 bits per heavy atom. The van der Waals surface area contributed by atoms with Gasteiger partial charge in [-0.3, -0.25) is 4.40 Å². The van der Waals surface area contributed by atoms with Crippen molar-refractivity contribution in [2.45, 2.75) is 32.9 Å². The molecule has 1 aliphatic heterocycles. The summed E-state index contributed by atoms with van der Waals surface area (Å²) in [6.45, 7) is 7.77. The first-order valence-electron chi connectivity index (χ1n) is 7.28. The minimum atomic E-state index is -0.174. The van der Waals surface area contributed by atoms with E-state index >= 15 is 0 Å². The molecular formula is C14H22N4OS. The number of rotatable bonds is 4. The van der Waals surface area contributed by atoms with Crippen LogP contribution in [0.3, 0.4) is 0 Å². The van der Waals surface area contributed by atoms with E-state index in [2.05, 4.69) is 40.0 Å². The average Bonchev–Trinajstić information content (AvgIpc) is 3.00. The van der Waals surface area contributed by atoms with Crippen LogP contribution in [0.4, 0.5) is 5.82 Å². The Balaban J connectivity index is 1.91. The molecule has 0 spiro atoms. The summed E-state index contributed by atoms with van der Waals surface area (Å²) in [5.41, 5.74) is 1.23.